The van der Waals surface area contributed by atoms with Gasteiger partial charge in [-0.25, -0.2) is 0 Å². The molecule has 2 atom stereocenters. The number of rotatable bonds is 2. The zero-order valence-corrected chi connectivity index (χ0v) is 11.2. The van der Waals surface area contributed by atoms with Crippen LogP contribution in [-0.4, -0.2) is 12.8 Å². The van der Waals surface area contributed by atoms with E-state index in [0.717, 1.165) is 18.8 Å². The van der Waals surface area contributed by atoms with Gasteiger partial charge in [0.15, 0.2) is 0 Å². The van der Waals surface area contributed by atoms with Crippen molar-refractivity contribution >= 4 is 6.21 Å². The molecule has 1 aliphatic carbocycles. The number of aliphatic imine (C=N–C) groups is 1. The minimum Gasteiger partial charge on any atom is -0.493 e. The summed E-state index contributed by atoms with van der Waals surface area (Å²) in [6.07, 6.45) is 2.90. The minimum atomic E-state index is 0.562. The molecule has 0 bridgehead atoms. The maximum atomic E-state index is 5.85. The smallest absolute Gasteiger partial charge is 0.123 e. The van der Waals surface area contributed by atoms with Crippen LogP contribution in [0.2, 0.25) is 0 Å². The second-order valence-electron chi connectivity index (χ2n) is 5.08. The lowest BCUT2D eigenvalue weighted by Crippen LogP contribution is -2.08. The first kappa shape index (κ1) is 11.5. The number of aryl methyl sites for hydroxylation is 1. The SMILES string of the molecule is CC=NC(CC)=C1C2COc3ccc(C)cc3C12. The average Bonchev–Trinajstić information content (AvgIpc) is 3.10. The topological polar surface area (TPSA) is 21.6 Å². The van der Waals surface area contributed by atoms with E-state index in [1.807, 2.05) is 13.1 Å². The van der Waals surface area contributed by atoms with Crippen LogP contribution >= 0.6 is 0 Å². The van der Waals surface area contributed by atoms with E-state index in [1.165, 1.54) is 22.4 Å². The average molecular weight is 241 g/mol. The van der Waals surface area contributed by atoms with Gasteiger partial charge in [-0.2, -0.15) is 0 Å². The third-order valence-electron chi connectivity index (χ3n) is 3.90. The molecular weight excluding hydrogens is 222 g/mol. The van der Waals surface area contributed by atoms with E-state index in [1.54, 1.807) is 0 Å². The Morgan fingerprint density at radius 3 is 3.06 bits per heavy atom. The summed E-state index contributed by atoms with van der Waals surface area (Å²) in [5.74, 6) is 2.19. The highest BCUT2D eigenvalue weighted by atomic mass is 16.5. The summed E-state index contributed by atoms with van der Waals surface area (Å²) in [4.78, 5) is 4.52. The zero-order chi connectivity index (χ0) is 12.7. The first-order chi connectivity index (χ1) is 8.76. The molecule has 2 nitrogen and oxygen atoms in total. The molecule has 1 heterocycles. The molecular formula is C16H19NO. The third kappa shape index (κ3) is 1.67. The summed E-state index contributed by atoms with van der Waals surface area (Å²) in [7, 11) is 0. The summed E-state index contributed by atoms with van der Waals surface area (Å²) in [5.41, 5.74) is 5.42. The third-order valence-corrected chi connectivity index (χ3v) is 3.90. The van der Waals surface area contributed by atoms with Gasteiger partial charge in [-0.1, -0.05) is 24.6 Å². The van der Waals surface area contributed by atoms with E-state index >= 15 is 0 Å². The van der Waals surface area contributed by atoms with Gasteiger partial charge in [-0.15, -0.1) is 0 Å². The highest BCUT2D eigenvalue weighted by Crippen LogP contribution is 2.60. The van der Waals surface area contributed by atoms with Gasteiger partial charge in [-0.3, -0.25) is 4.99 Å². The van der Waals surface area contributed by atoms with Gasteiger partial charge in [0, 0.05) is 29.3 Å². The fourth-order valence-corrected chi connectivity index (χ4v) is 3.03. The van der Waals surface area contributed by atoms with Crippen molar-refractivity contribution in [2.45, 2.75) is 33.1 Å². The van der Waals surface area contributed by atoms with Crippen molar-refractivity contribution in [3.8, 4) is 5.75 Å². The van der Waals surface area contributed by atoms with Gasteiger partial charge in [0.05, 0.1) is 6.61 Å². The predicted octanol–water partition coefficient (Wildman–Crippen LogP) is 3.86. The second kappa shape index (κ2) is 4.27. The van der Waals surface area contributed by atoms with E-state index in [-0.39, 0.29) is 0 Å². The number of allylic oxidation sites excluding steroid dienone is 1. The lowest BCUT2D eigenvalue weighted by molar-refractivity contribution is 0.281. The fraction of sp³-hybridized carbons (Fsp3) is 0.438. The van der Waals surface area contributed by atoms with Crippen LogP contribution in [0, 0.1) is 12.8 Å². The monoisotopic (exact) mass is 241 g/mol. The Labute approximate surface area is 108 Å². The van der Waals surface area contributed by atoms with Crippen LogP contribution in [0.4, 0.5) is 0 Å². The molecule has 2 unspecified atom stereocenters. The Kier molecular flexibility index (Phi) is 2.73. The molecule has 3 rings (SSSR count). The molecule has 0 spiro atoms. The van der Waals surface area contributed by atoms with Crippen LogP contribution in [0.1, 0.15) is 37.3 Å². The summed E-state index contributed by atoms with van der Waals surface area (Å²) in [5, 5.41) is 0. The molecule has 2 aliphatic rings. The molecule has 94 valence electrons. The first-order valence-corrected chi connectivity index (χ1v) is 6.71. The Balaban J connectivity index is 2.03. The Morgan fingerprint density at radius 2 is 2.33 bits per heavy atom. The maximum Gasteiger partial charge on any atom is 0.123 e. The molecule has 0 N–H and O–H groups in total. The van der Waals surface area contributed by atoms with Gasteiger partial charge in [0.2, 0.25) is 0 Å². The lowest BCUT2D eigenvalue weighted by Gasteiger charge is -2.15. The van der Waals surface area contributed by atoms with Crippen LogP contribution in [0.25, 0.3) is 0 Å². The molecule has 0 radical (unpaired) electrons. The van der Waals surface area contributed by atoms with Gasteiger partial charge in [-0.05, 0) is 31.9 Å². The number of hydrogen-bond acceptors (Lipinski definition) is 2. The molecule has 0 saturated heterocycles. The van der Waals surface area contributed by atoms with Gasteiger partial charge >= 0.3 is 0 Å². The van der Waals surface area contributed by atoms with E-state index in [2.05, 4.69) is 37.0 Å². The number of ether oxygens (including phenoxy) is 1. The molecule has 1 aromatic rings. The zero-order valence-electron chi connectivity index (χ0n) is 11.2. The standard InChI is InChI=1S/C16H19NO/c1-4-13(17-5-2)16-12-9-18-14-7-6-10(3)8-11(14)15(12)16/h5-8,12,15H,4,9H2,1-3H3. The quantitative estimate of drug-likeness (QED) is 0.720. The van der Waals surface area contributed by atoms with E-state index in [9.17, 15) is 0 Å². The van der Waals surface area contributed by atoms with Crippen molar-refractivity contribution in [3.05, 3.63) is 40.6 Å². The fourth-order valence-electron chi connectivity index (χ4n) is 3.03. The maximum absolute atomic E-state index is 5.85. The summed E-state index contributed by atoms with van der Waals surface area (Å²) in [6.45, 7) is 7.12. The number of nitrogens with zero attached hydrogens (tertiary/aromatic N) is 1. The minimum absolute atomic E-state index is 0.562. The van der Waals surface area contributed by atoms with E-state index in [0.29, 0.717) is 11.8 Å². The molecule has 2 heteroatoms. The molecule has 1 aliphatic heterocycles. The molecule has 1 saturated carbocycles. The number of fused-ring (bicyclic) bond motifs is 3. The van der Waals surface area contributed by atoms with E-state index < -0.39 is 0 Å². The Bertz CT molecular complexity index is 542. The molecule has 0 amide bonds. The lowest BCUT2D eigenvalue weighted by atomic mass is 10.0. The summed E-state index contributed by atoms with van der Waals surface area (Å²) in [6, 6.07) is 6.49. The van der Waals surface area contributed by atoms with E-state index in [4.69, 9.17) is 4.74 Å². The second-order valence-corrected chi connectivity index (χ2v) is 5.08. The van der Waals surface area contributed by atoms with Crippen molar-refractivity contribution in [2.75, 3.05) is 6.61 Å². The highest BCUT2D eigenvalue weighted by Gasteiger charge is 2.51. The van der Waals surface area contributed by atoms with Crippen LogP contribution < -0.4 is 4.74 Å². The van der Waals surface area contributed by atoms with Crippen molar-refractivity contribution in [1.82, 2.24) is 0 Å². The van der Waals surface area contributed by atoms with Crippen molar-refractivity contribution in [3.63, 3.8) is 0 Å². The van der Waals surface area contributed by atoms with Crippen LogP contribution in [-0.2, 0) is 0 Å². The van der Waals surface area contributed by atoms with Gasteiger partial charge in [0.1, 0.15) is 5.75 Å². The predicted molar refractivity (Wildman–Crippen MR) is 74.4 cm³/mol. The van der Waals surface area contributed by atoms with Gasteiger partial charge in [0.25, 0.3) is 0 Å². The van der Waals surface area contributed by atoms with Crippen molar-refractivity contribution in [2.24, 2.45) is 10.9 Å². The van der Waals surface area contributed by atoms with Crippen molar-refractivity contribution < 1.29 is 4.74 Å². The highest BCUT2D eigenvalue weighted by molar-refractivity contribution is 5.60. The number of hydrogen-bond donors (Lipinski definition) is 0. The van der Waals surface area contributed by atoms with Crippen LogP contribution in [0.5, 0.6) is 5.75 Å². The Hall–Kier alpha value is -1.57. The molecule has 0 aromatic heterocycles. The normalized spacial score (nSPS) is 27.5. The largest absolute Gasteiger partial charge is 0.493 e. The van der Waals surface area contributed by atoms with Crippen LogP contribution in [0.3, 0.4) is 0 Å². The van der Waals surface area contributed by atoms with Gasteiger partial charge < -0.3 is 4.74 Å². The van der Waals surface area contributed by atoms with Crippen LogP contribution in [0.15, 0.2) is 34.5 Å². The molecule has 1 fully saturated rings. The number of benzene rings is 1. The Morgan fingerprint density at radius 1 is 1.50 bits per heavy atom. The first-order valence-electron chi connectivity index (χ1n) is 6.71. The summed E-state index contributed by atoms with van der Waals surface area (Å²) >= 11 is 0. The summed E-state index contributed by atoms with van der Waals surface area (Å²) < 4.78 is 5.85. The molecule has 1 aromatic carbocycles. The van der Waals surface area contributed by atoms with Crippen molar-refractivity contribution in [1.29, 1.82) is 0 Å². The molecule has 18 heavy (non-hydrogen) atoms.